The van der Waals surface area contributed by atoms with Crippen LogP contribution in [0, 0.1) is 0 Å². The molecular weight excluding hydrogens is 500 g/mol. The average molecular weight is 539 g/mol. The second-order valence-electron chi connectivity index (χ2n) is 11.0. The van der Waals surface area contributed by atoms with Crippen LogP contribution in [0.1, 0.15) is 49.7 Å². The first-order valence-corrected chi connectivity index (χ1v) is 16.6. The van der Waals surface area contributed by atoms with Gasteiger partial charge < -0.3 is 14.1 Å². The van der Waals surface area contributed by atoms with E-state index in [2.05, 4.69) is 54.0 Å². The average Bonchev–Trinajstić information content (AvgIpc) is 3.32. The van der Waals surface area contributed by atoms with Crippen molar-refractivity contribution in [3.8, 4) is 11.3 Å². The number of carbonyl (C=O) groups excluding carboxylic acids is 1. The Hall–Kier alpha value is -2.59. The Bertz CT molecular complexity index is 1200. The number of hydrogen-bond donors (Lipinski definition) is 1. The smallest absolute Gasteiger partial charge is 0.276 e. The molecule has 1 aliphatic heterocycles. The Morgan fingerprint density at radius 1 is 1.16 bits per heavy atom. The summed E-state index contributed by atoms with van der Waals surface area (Å²) in [5, 5.41) is 5.60. The molecule has 37 heavy (non-hydrogen) atoms. The number of amides is 1. The fourth-order valence-electron chi connectivity index (χ4n) is 4.20. The van der Waals surface area contributed by atoms with Crippen LogP contribution in [0.5, 0.6) is 0 Å². The number of methoxy groups -OCH3 is 1. The predicted octanol–water partition coefficient (Wildman–Crippen LogP) is 6.59. The molecule has 9 heteroatoms. The van der Waals surface area contributed by atoms with E-state index in [1.54, 1.807) is 19.4 Å². The molecule has 4 rings (SSSR count). The van der Waals surface area contributed by atoms with Crippen molar-refractivity contribution < 1.29 is 14.0 Å². The first kappa shape index (κ1) is 27.4. The minimum atomic E-state index is -1.76. The lowest BCUT2D eigenvalue weighted by Crippen LogP contribution is -2.47. The minimum Gasteiger partial charge on any atom is -0.562 e. The molecule has 0 bridgehead atoms. The fourth-order valence-corrected chi connectivity index (χ4v) is 6.33. The molecule has 0 saturated carbocycles. The van der Waals surface area contributed by atoms with Gasteiger partial charge in [-0.15, -0.1) is 29.5 Å². The van der Waals surface area contributed by atoms with Gasteiger partial charge in [0, 0.05) is 37.2 Å². The van der Waals surface area contributed by atoms with Crippen LogP contribution in [0.4, 0.5) is 10.8 Å². The molecule has 3 heterocycles. The SMILES string of the molecule is COCc1ccccc1-c1csc(NC(=O)c2ccc(N3CCC(O[Si-](C)(C)C(C)(C)C)CC3)cn2)n1. The third-order valence-corrected chi connectivity index (χ3v) is 12.7. The normalized spacial score (nSPS) is 15.1. The number of pyridine rings is 1. The number of nitrogens with one attached hydrogen (secondary N) is 1. The summed E-state index contributed by atoms with van der Waals surface area (Å²) in [5.74, 6) is -0.265. The van der Waals surface area contributed by atoms with Crippen molar-refractivity contribution in [3.05, 3.63) is 59.2 Å². The second-order valence-corrected chi connectivity index (χ2v) is 16.7. The van der Waals surface area contributed by atoms with Gasteiger partial charge in [-0.3, -0.25) is 10.1 Å². The Morgan fingerprint density at radius 3 is 2.54 bits per heavy atom. The number of ether oxygens (including phenoxy) is 1. The van der Waals surface area contributed by atoms with Crippen LogP contribution in [0.3, 0.4) is 0 Å². The summed E-state index contributed by atoms with van der Waals surface area (Å²) in [6.07, 6.45) is 4.13. The third-order valence-electron chi connectivity index (χ3n) is 7.37. The molecule has 7 nitrogen and oxygen atoms in total. The molecule has 0 aliphatic carbocycles. The quantitative estimate of drug-likeness (QED) is 0.326. The van der Waals surface area contributed by atoms with Gasteiger partial charge in [-0.1, -0.05) is 45.0 Å². The van der Waals surface area contributed by atoms with E-state index in [0.29, 0.717) is 23.5 Å². The van der Waals surface area contributed by atoms with Crippen LogP contribution in [0.15, 0.2) is 48.0 Å². The summed E-state index contributed by atoms with van der Waals surface area (Å²) in [6.45, 7) is 13.9. The van der Waals surface area contributed by atoms with Crippen molar-refractivity contribution in [2.24, 2.45) is 0 Å². The molecule has 0 atom stereocenters. The molecule has 1 fully saturated rings. The van der Waals surface area contributed by atoms with E-state index in [4.69, 9.17) is 9.16 Å². The Balaban J connectivity index is 1.33. The van der Waals surface area contributed by atoms with Crippen molar-refractivity contribution in [1.29, 1.82) is 0 Å². The summed E-state index contributed by atoms with van der Waals surface area (Å²) >= 11 is 1.40. The molecule has 1 aromatic carbocycles. The highest BCUT2D eigenvalue weighted by molar-refractivity contribution is 7.14. The van der Waals surface area contributed by atoms with E-state index < -0.39 is 8.32 Å². The lowest BCUT2D eigenvalue weighted by molar-refractivity contribution is 0.102. The summed E-state index contributed by atoms with van der Waals surface area (Å²) in [7, 11) is -0.0809. The summed E-state index contributed by atoms with van der Waals surface area (Å²) in [4.78, 5) is 24.2. The van der Waals surface area contributed by atoms with Crippen molar-refractivity contribution in [1.82, 2.24) is 9.97 Å². The topological polar surface area (TPSA) is 76.6 Å². The van der Waals surface area contributed by atoms with Gasteiger partial charge in [-0.05, 0) is 38.9 Å². The first-order chi connectivity index (χ1) is 17.6. The van der Waals surface area contributed by atoms with E-state index >= 15 is 0 Å². The van der Waals surface area contributed by atoms with Gasteiger partial charge in [-0.25, -0.2) is 9.97 Å². The van der Waals surface area contributed by atoms with Crippen molar-refractivity contribution in [2.45, 2.75) is 64.5 Å². The molecule has 0 radical (unpaired) electrons. The van der Waals surface area contributed by atoms with Crippen LogP contribution in [0.25, 0.3) is 11.3 Å². The lowest BCUT2D eigenvalue weighted by atomic mass is 10.1. The van der Waals surface area contributed by atoms with Gasteiger partial charge in [0.2, 0.25) is 0 Å². The number of benzene rings is 1. The molecule has 1 aliphatic rings. The number of rotatable bonds is 8. The molecule has 1 N–H and O–H groups in total. The molecule has 1 saturated heterocycles. The van der Waals surface area contributed by atoms with Crippen molar-refractivity contribution in [3.63, 3.8) is 0 Å². The molecule has 0 unspecified atom stereocenters. The Kier molecular flexibility index (Phi) is 8.48. The Morgan fingerprint density at radius 2 is 1.89 bits per heavy atom. The summed E-state index contributed by atoms with van der Waals surface area (Å²) in [6, 6.07) is 11.7. The predicted molar refractivity (Wildman–Crippen MR) is 154 cm³/mol. The van der Waals surface area contributed by atoms with Gasteiger partial charge in [0.1, 0.15) is 5.69 Å². The lowest BCUT2D eigenvalue weighted by Gasteiger charge is -2.52. The zero-order valence-corrected chi connectivity index (χ0v) is 24.5. The monoisotopic (exact) mass is 538 g/mol. The van der Waals surface area contributed by atoms with Gasteiger partial charge in [0.25, 0.3) is 5.91 Å². The zero-order valence-electron chi connectivity index (χ0n) is 22.7. The minimum absolute atomic E-state index is 0.221. The highest BCUT2D eigenvalue weighted by Gasteiger charge is 2.29. The van der Waals surface area contributed by atoms with Crippen molar-refractivity contribution >= 4 is 36.4 Å². The maximum absolute atomic E-state index is 12.8. The molecule has 2 aromatic heterocycles. The number of thiazole rings is 1. The van der Waals surface area contributed by atoms with E-state index in [9.17, 15) is 4.79 Å². The van der Waals surface area contributed by atoms with Gasteiger partial charge >= 0.3 is 0 Å². The molecule has 3 aromatic rings. The highest BCUT2D eigenvalue weighted by atomic mass is 32.1. The number of piperidine rings is 1. The number of nitrogens with zero attached hydrogens (tertiary/aromatic N) is 3. The maximum atomic E-state index is 12.8. The second kappa shape index (κ2) is 11.4. The standard InChI is InChI=1S/C28H38N4O3SSi/c1-28(2,3)37(5,6)35-22-13-15-32(16-14-22)21-11-12-24(29-17-21)26(33)31-27-30-25(19-36-27)23-10-8-7-9-20(23)18-34-4/h7-12,17,19,22H,13-16,18H2,1-6H3,(H,30,31,33)/q-1. The van der Waals surface area contributed by atoms with Crippen LogP contribution in [-0.2, 0) is 15.8 Å². The molecule has 0 spiro atoms. The highest BCUT2D eigenvalue weighted by Crippen LogP contribution is 2.38. The van der Waals surface area contributed by atoms with Crippen LogP contribution in [0.2, 0.25) is 18.1 Å². The summed E-state index contributed by atoms with van der Waals surface area (Å²) in [5.41, 5.74) is 4.28. The van der Waals surface area contributed by atoms with E-state index in [1.807, 2.05) is 35.7 Å². The van der Waals surface area contributed by atoms with E-state index in [0.717, 1.165) is 48.4 Å². The van der Waals surface area contributed by atoms with Crippen LogP contribution < -0.4 is 10.2 Å². The maximum Gasteiger partial charge on any atom is 0.276 e. The third kappa shape index (κ3) is 6.65. The van der Waals surface area contributed by atoms with Gasteiger partial charge in [0.15, 0.2) is 5.13 Å². The number of hydrogen-bond acceptors (Lipinski definition) is 7. The van der Waals surface area contributed by atoms with Gasteiger partial charge in [0.05, 0.1) is 24.2 Å². The number of anilines is 2. The fraction of sp³-hybridized carbons (Fsp3) is 0.464. The largest absolute Gasteiger partial charge is 0.562 e. The van der Waals surface area contributed by atoms with E-state index in [-0.39, 0.29) is 10.9 Å². The van der Waals surface area contributed by atoms with Crippen LogP contribution >= 0.6 is 11.3 Å². The molecular formula is C28H38N4O3SSi-. The molecule has 199 valence electrons. The summed E-state index contributed by atoms with van der Waals surface area (Å²) < 4.78 is 11.9. The molecule has 1 amide bonds. The number of aromatic nitrogens is 2. The van der Waals surface area contributed by atoms with Crippen molar-refractivity contribution in [2.75, 3.05) is 30.4 Å². The van der Waals surface area contributed by atoms with E-state index in [1.165, 1.54) is 11.3 Å². The van der Waals surface area contributed by atoms with Crippen LogP contribution in [-0.4, -0.2) is 50.5 Å². The van der Waals surface area contributed by atoms with Gasteiger partial charge in [-0.2, -0.15) is 0 Å². The zero-order chi connectivity index (χ0) is 26.6. The first-order valence-electron chi connectivity index (χ1n) is 12.8. The Labute approximate surface area is 225 Å². The number of carbonyl (C=O) groups is 1.